The van der Waals surface area contributed by atoms with Gasteiger partial charge in [0.1, 0.15) is 12.6 Å². The van der Waals surface area contributed by atoms with Gasteiger partial charge < -0.3 is 10.2 Å². The summed E-state index contributed by atoms with van der Waals surface area (Å²) in [5.41, 5.74) is 2.70. The first-order chi connectivity index (χ1) is 18.9. The van der Waals surface area contributed by atoms with E-state index in [9.17, 15) is 18.0 Å². The van der Waals surface area contributed by atoms with Crippen molar-refractivity contribution in [3.05, 3.63) is 93.5 Å². The Hall–Kier alpha value is -3.07. The molecule has 0 saturated heterocycles. The Morgan fingerprint density at radius 1 is 0.950 bits per heavy atom. The molecule has 214 valence electrons. The molecule has 0 fully saturated rings. The first-order valence-corrected chi connectivity index (χ1v) is 15.3. The van der Waals surface area contributed by atoms with E-state index in [0.717, 1.165) is 22.7 Å². The van der Waals surface area contributed by atoms with Gasteiger partial charge in [-0.2, -0.15) is 0 Å². The van der Waals surface area contributed by atoms with Gasteiger partial charge in [-0.05, 0) is 68.7 Å². The van der Waals surface area contributed by atoms with Gasteiger partial charge in [-0.3, -0.25) is 13.9 Å². The Balaban J connectivity index is 2.03. The van der Waals surface area contributed by atoms with Crippen LogP contribution in [0.25, 0.3) is 0 Å². The first-order valence-electron chi connectivity index (χ1n) is 13.1. The first kappa shape index (κ1) is 31.5. The third-order valence-corrected chi connectivity index (χ3v) is 9.08. The van der Waals surface area contributed by atoms with Crippen LogP contribution >= 0.6 is 23.2 Å². The molecule has 1 atom stereocenters. The maximum Gasteiger partial charge on any atom is 0.264 e. The van der Waals surface area contributed by atoms with Crippen molar-refractivity contribution in [1.82, 2.24) is 10.2 Å². The number of anilines is 1. The van der Waals surface area contributed by atoms with Crippen LogP contribution in [0.5, 0.6) is 0 Å². The van der Waals surface area contributed by atoms with Crippen LogP contribution < -0.4 is 9.62 Å². The molecule has 0 heterocycles. The van der Waals surface area contributed by atoms with Gasteiger partial charge >= 0.3 is 0 Å². The average molecular weight is 605 g/mol. The number of hydrogen-bond donors (Lipinski definition) is 1. The lowest BCUT2D eigenvalue weighted by Gasteiger charge is -2.32. The van der Waals surface area contributed by atoms with E-state index in [1.807, 2.05) is 19.9 Å². The maximum absolute atomic E-state index is 14.0. The van der Waals surface area contributed by atoms with Crippen LogP contribution in [0.15, 0.2) is 71.6 Å². The Morgan fingerprint density at radius 2 is 1.65 bits per heavy atom. The molecule has 10 heteroatoms. The predicted octanol–water partition coefficient (Wildman–Crippen LogP) is 6.14. The molecule has 0 saturated carbocycles. The normalized spacial score (nSPS) is 12.1. The van der Waals surface area contributed by atoms with E-state index < -0.39 is 28.5 Å². The third-order valence-electron chi connectivity index (χ3n) is 6.56. The molecule has 3 aromatic rings. The minimum atomic E-state index is -4.12. The Kier molecular flexibility index (Phi) is 11.0. The SMILES string of the molecule is CCCCNC(=O)[C@@H](C)N(Cc1ccc(Cl)c(Cl)c1)C(=O)CN(c1ccc(C)cc1C)S(=O)(=O)c1ccccc1. The minimum absolute atomic E-state index is 0.0319. The van der Waals surface area contributed by atoms with E-state index in [0.29, 0.717) is 33.4 Å². The highest BCUT2D eigenvalue weighted by atomic mass is 35.5. The van der Waals surface area contributed by atoms with E-state index in [-0.39, 0.29) is 17.3 Å². The fourth-order valence-electron chi connectivity index (χ4n) is 4.27. The number of aryl methyl sites for hydroxylation is 2. The standard InChI is InChI=1S/C30H35Cl2N3O4S/c1-5-6-16-33-30(37)23(4)34(19-24-13-14-26(31)27(32)18-24)29(36)20-35(28-15-12-21(2)17-22(28)3)40(38,39)25-10-8-7-9-11-25/h7-15,17-18,23H,5-6,16,19-20H2,1-4H3,(H,33,37)/t23-/m1/s1. The van der Waals surface area contributed by atoms with Gasteiger partial charge in [-0.15, -0.1) is 0 Å². The van der Waals surface area contributed by atoms with Gasteiger partial charge in [0.25, 0.3) is 10.0 Å². The number of amides is 2. The summed E-state index contributed by atoms with van der Waals surface area (Å²) < 4.78 is 28.9. The molecule has 2 amide bonds. The Labute approximate surface area is 247 Å². The number of carbonyl (C=O) groups excluding carboxylic acids is 2. The molecule has 0 aliphatic rings. The molecule has 3 aromatic carbocycles. The lowest BCUT2D eigenvalue weighted by Crippen LogP contribution is -2.51. The van der Waals surface area contributed by atoms with E-state index in [4.69, 9.17) is 23.2 Å². The van der Waals surface area contributed by atoms with Gasteiger partial charge in [0, 0.05) is 13.1 Å². The predicted molar refractivity (Wildman–Crippen MR) is 161 cm³/mol. The van der Waals surface area contributed by atoms with Crippen molar-refractivity contribution < 1.29 is 18.0 Å². The zero-order chi connectivity index (χ0) is 29.4. The van der Waals surface area contributed by atoms with Crippen LogP contribution in [0.3, 0.4) is 0 Å². The summed E-state index contributed by atoms with van der Waals surface area (Å²) in [6.07, 6.45) is 1.71. The van der Waals surface area contributed by atoms with Crippen molar-refractivity contribution in [3.8, 4) is 0 Å². The lowest BCUT2D eigenvalue weighted by atomic mass is 10.1. The van der Waals surface area contributed by atoms with Gasteiger partial charge in [-0.25, -0.2) is 8.42 Å². The van der Waals surface area contributed by atoms with Crippen molar-refractivity contribution in [2.45, 2.75) is 58.0 Å². The van der Waals surface area contributed by atoms with Crippen molar-refractivity contribution >= 4 is 50.7 Å². The van der Waals surface area contributed by atoms with Crippen molar-refractivity contribution in [2.75, 3.05) is 17.4 Å². The number of unbranched alkanes of at least 4 members (excludes halogenated alkanes) is 1. The molecule has 3 rings (SSSR count). The van der Waals surface area contributed by atoms with Crippen LogP contribution in [0, 0.1) is 13.8 Å². The summed E-state index contributed by atoms with van der Waals surface area (Å²) in [6, 6.07) is 17.4. The number of halogens is 2. The molecule has 0 bridgehead atoms. The fourth-order valence-corrected chi connectivity index (χ4v) is 6.09. The van der Waals surface area contributed by atoms with Crippen molar-refractivity contribution in [2.24, 2.45) is 0 Å². The number of rotatable bonds is 12. The highest BCUT2D eigenvalue weighted by Crippen LogP contribution is 2.29. The largest absolute Gasteiger partial charge is 0.354 e. The van der Waals surface area contributed by atoms with Crippen LogP contribution in [0.1, 0.15) is 43.4 Å². The number of sulfonamides is 1. The van der Waals surface area contributed by atoms with E-state index >= 15 is 0 Å². The molecule has 0 radical (unpaired) electrons. The second-order valence-corrected chi connectivity index (χ2v) is 12.4. The monoisotopic (exact) mass is 603 g/mol. The molecule has 0 aliphatic heterocycles. The fraction of sp³-hybridized carbons (Fsp3) is 0.333. The number of nitrogens with one attached hydrogen (secondary N) is 1. The highest BCUT2D eigenvalue weighted by molar-refractivity contribution is 7.92. The van der Waals surface area contributed by atoms with Crippen LogP contribution in [0.2, 0.25) is 10.0 Å². The maximum atomic E-state index is 14.0. The Bertz CT molecular complexity index is 1450. The van der Waals surface area contributed by atoms with Gasteiger partial charge in [-0.1, -0.05) is 78.5 Å². The molecule has 0 unspecified atom stereocenters. The van der Waals surface area contributed by atoms with Crippen molar-refractivity contribution in [3.63, 3.8) is 0 Å². The summed E-state index contributed by atoms with van der Waals surface area (Å²) in [5.74, 6) is -0.866. The summed E-state index contributed by atoms with van der Waals surface area (Å²) >= 11 is 12.3. The number of benzene rings is 3. The highest BCUT2D eigenvalue weighted by Gasteiger charge is 2.33. The number of hydrogen-bond acceptors (Lipinski definition) is 4. The van der Waals surface area contributed by atoms with E-state index in [1.165, 1.54) is 17.0 Å². The van der Waals surface area contributed by atoms with Gasteiger partial charge in [0.2, 0.25) is 11.8 Å². The number of carbonyl (C=O) groups is 2. The summed E-state index contributed by atoms with van der Waals surface area (Å²) in [4.78, 5) is 28.5. The molecule has 0 spiro atoms. The van der Waals surface area contributed by atoms with Crippen molar-refractivity contribution in [1.29, 1.82) is 0 Å². The lowest BCUT2D eigenvalue weighted by molar-refractivity contribution is -0.139. The third kappa shape index (κ3) is 7.77. The smallest absolute Gasteiger partial charge is 0.264 e. The zero-order valence-electron chi connectivity index (χ0n) is 23.2. The minimum Gasteiger partial charge on any atom is -0.354 e. The van der Waals surface area contributed by atoms with E-state index in [1.54, 1.807) is 62.4 Å². The van der Waals surface area contributed by atoms with E-state index in [2.05, 4.69) is 5.32 Å². The quantitative estimate of drug-likeness (QED) is 0.252. The van der Waals surface area contributed by atoms with Gasteiger partial charge in [0.05, 0.1) is 20.6 Å². The van der Waals surface area contributed by atoms with Crippen LogP contribution in [-0.4, -0.2) is 44.3 Å². The second kappa shape index (κ2) is 14.0. The van der Waals surface area contributed by atoms with Crippen LogP contribution in [0.4, 0.5) is 5.69 Å². The summed E-state index contributed by atoms with van der Waals surface area (Å²) in [7, 11) is -4.12. The molecular weight excluding hydrogens is 569 g/mol. The zero-order valence-corrected chi connectivity index (χ0v) is 25.5. The topological polar surface area (TPSA) is 86.8 Å². The molecule has 0 aromatic heterocycles. The second-order valence-electron chi connectivity index (χ2n) is 9.71. The summed E-state index contributed by atoms with van der Waals surface area (Å²) in [5, 5.41) is 3.55. The molecule has 40 heavy (non-hydrogen) atoms. The summed E-state index contributed by atoms with van der Waals surface area (Å²) in [6.45, 7) is 7.37. The average Bonchev–Trinajstić information content (AvgIpc) is 2.92. The molecule has 1 N–H and O–H groups in total. The number of nitrogens with zero attached hydrogens (tertiary/aromatic N) is 2. The van der Waals surface area contributed by atoms with Crippen LogP contribution in [-0.2, 0) is 26.2 Å². The molecule has 0 aliphatic carbocycles. The Morgan fingerprint density at radius 3 is 2.27 bits per heavy atom. The van der Waals surface area contributed by atoms with Gasteiger partial charge in [0.15, 0.2) is 0 Å². The molecule has 7 nitrogen and oxygen atoms in total. The molecular formula is C30H35Cl2N3O4S.